The van der Waals surface area contributed by atoms with Crippen molar-refractivity contribution in [1.82, 2.24) is 4.31 Å². The van der Waals surface area contributed by atoms with Gasteiger partial charge in [0.15, 0.2) is 0 Å². The van der Waals surface area contributed by atoms with E-state index in [4.69, 9.17) is 17.3 Å². The lowest BCUT2D eigenvalue weighted by Gasteiger charge is -2.25. The van der Waals surface area contributed by atoms with Gasteiger partial charge >= 0.3 is 0 Å². The van der Waals surface area contributed by atoms with Crippen molar-refractivity contribution in [3.63, 3.8) is 0 Å². The Morgan fingerprint density at radius 3 is 2.47 bits per heavy atom. The number of hydrogen-bond acceptors (Lipinski definition) is 3. The van der Waals surface area contributed by atoms with E-state index in [0.29, 0.717) is 10.6 Å². The Hall–Kier alpha value is -1.04. The molecule has 0 aromatic heterocycles. The molecule has 0 bridgehead atoms. The molecule has 4 nitrogen and oxygen atoms in total. The van der Waals surface area contributed by atoms with E-state index >= 15 is 0 Å². The lowest BCUT2D eigenvalue weighted by atomic mass is 10.2. The molecule has 0 unspecified atom stereocenters. The fraction of sp³-hybridized carbons (Fsp3) is 0.385. The first-order valence-electron chi connectivity index (χ1n) is 5.90. The fourth-order valence-electron chi connectivity index (χ4n) is 1.76. The van der Waals surface area contributed by atoms with Gasteiger partial charge in [-0.05, 0) is 38.5 Å². The van der Waals surface area contributed by atoms with Crippen LogP contribution in [0.1, 0.15) is 19.4 Å². The highest BCUT2D eigenvalue weighted by molar-refractivity contribution is 7.89. The van der Waals surface area contributed by atoms with Crippen LogP contribution in [-0.4, -0.2) is 25.3 Å². The number of nitrogen functional groups attached to an aromatic ring is 1. The number of rotatable bonds is 5. The van der Waals surface area contributed by atoms with Gasteiger partial charge in [0.2, 0.25) is 10.0 Å². The molecular weight excluding hydrogens is 284 g/mol. The van der Waals surface area contributed by atoms with Crippen molar-refractivity contribution in [2.45, 2.75) is 31.7 Å². The first-order valence-corrected chi connectivity index (χ1v) is 7.72. The van der Waals surface area contributed by atoms with E-state index in [1.165, 1.54) is 16.4 Å². The van der Waals surface area contributed by atoms with Gasteiger partial charge in [-0.25, -0.2) is 8.42 Å². The summed E-state index contributed by atoms with van der Waals surface area (Å²) < 4.78 is 26.5. The maximum atomic E-state index is 12.6. The van der Waals surface area contributed by atoms with Gasteiger partial charge in [0.1, 0.15) is 0 Å². The van der Waals surface area contributed by atoms with Gasteiger partial charge in [-0.2, -0.15) is 4.31 Å². The third-order valence-electron chi connectivity index (χ3n) is 2.75. The van der Waals surface area contributed by atoms with Crippen LogP contribution in [0.3, 0.4) is 0 Å². The Morgan fingerprint density at radius 2 is 2.05 bits per heavy atom. The minimum absolute atomic E-state index is 0.155. The second-order valence-corrected chi connectivity index (χ2v) is 6.87. The number of halogens is 1. The highest BCUT2D eigenvalue weighted by atomic mass is 35.5. The number of nitrogens with two attached hydrogens (primary N) is 1. The lowest BCUT2D eigenvalue weighted by Crippen LogP contribution is -2.37. The molecule has 0 saturated heterocycles. The number of hydrogen-bond donors (Lipinski definition) is 1. The quantitative estimate of drug-likeness (QED) is 0.672. The maximum absolute atomic E-state index is 12.6. The number of aryl methyl sites for hydroxylation is 1. The summed E-state index contributed by atoms with van der Waals surface area (Å²) in [7, 11) is -3.60. The number of benzene rings is 1. The molecule has 0 aliphatic heterocycles. The Labute approximate surface area is 119 Å². The monoisotopic (exact) mass is 302 g/mol. The predicted molar refractivity (Wildman–Crippen MR) is 79.8 cm³/mol. The topological polar surface area (TPSA) is 63.4 Å². The fourth-order valence-corrected chi connectivity index (χ4v) is 3.60. The molecule has 0 atom stereocenters. The van der Waals surface area contributed by atoms with E-state index in [2.05, 4.69) is 6.58 Å². The normalized spacial score (nSPS) is 12.1. The summed E-state index contributed by atoms with van der Waals surface area (Å²) in [4.78, 5) is 0.155. The molecule has 0 amide bonds. The van der Waals surface area contributed by atoms with Crippen molar-refractivity contribution < 1.29 is 8.42 Å². The van der Waals surface area contributed by atoms with Crippen LogP contribution in [0.25, 0.3) is 0 Å². The van der Waals surface area contributed by atoms with E-state index in [0.717, 1.165) is 0 Å². The molecular formula is C13H19ClN2O2S. The number of sulfonamides is 1. The van der Waals surface area contributed by atoms with E-state index in [1.807, 2.05) is 13.8 Å². The summed E-state index contributed by atoms with van der Waals surface area (Å²) in [6.45, 7) is 9.19. The molecule has 0 fully saturated rings. The van der Waals surface area contributed by atoms with E-state index in [-0.39, 0.29) is 23.2 Å². The van der Waals surface area contributed by atoms with Crippen molar-refractivity contribution in [2.24, 2.45) is 0 Å². The summed E-state index contributed by atoms with van der Waals surface area (Å²) >= 11 is 5.95. The van der Waals surface area contributed by atoms with Gasteiger partial charge in [-0.3, -0.25) is 0 Å². The van der Waals surface area contributed by atoms with Crippen molar-refractivity contribution in [3.05, 3.63) is 35.4 Å². The molecule has 0 saturated carbocycles. The highest BCUT2D eigenvalue weighted by Crippen LogP contribution is 2.28. The van der Waals surface area contributed by atoms with Crippen molar-refractivity contribution >= 4 is 27.3 Å². The summed E-state index contributed by atoms with van der Waals surface area (Å²) in [6, 6.07) is 2.76. The molecule has 106 valence electrons. The second-order valence-electron chi connectivity index (χ2n) is 4.60. The molecule has 1 aromatic rings. The predicted octanol–water partition coefficient (Wildman–Crippen LogP) is 2.82. The van der Waals surface area contributed by atoms with Crippen molar-refractivity contribution in [2.75, 3.05) is 12.3 Å². The zero-order valence-corrected chi connectivity index (χ0v) is 12.9. The first-order chi connectivity index (χ1) is 8.71. The third-order valence-corrected chi connectivity index (χ3v) is 5.28. The Bertz CT molecular complexity index is 559. The van der Waals surface area contributed by atoms with Crippen LogP contribution in [0.5, 0.6) is 0 Å². The number of anilines is 1. The molecule has 0 spiro atoms. The van der Waals surface area contributed by atoms with Crippen LogP contribution in [0, 0.1) is 6.92 Å². The standard InChI is InChI=1S/C13H19ClN2O2S/c1-5-6-16(9(2)3)19(17,18)11-7-10(4)13(14)12(15)8-11/h5,7-9H,1,6,15H2,2-4H3. The van der Waals surface area contributed by atoms with Crippen LogP contribution in [0.4, 0.5) is 5.69 Å². The summed E-state index contributed by atoms with van der Waals surface area (Å²) in [6.07, 6.45) is 1.56. The second kappa shape index (κ2) is 5.94. The maximum Gasteiger partial charge on any atom is 0.243 e. The molecule has 1 rings (SSSR count). The van der Waals surface area contributed by atoms with Crippen molar-refractivity contribution in [3.8, 4) is 0 Å². The Kier molecular flexibility index (Phi) is 5.01. The van der Waals surface area contributed by atoms with Gasteiger partial charge < -0.3 is 5.73 Å². The van der Waals surface area contributed by atoms with Gasteiger partial charge in [-0.15, -0.1) is 6.58 Å². The highest BCUT2D eigenvalue weighted by Gasteiger charge is 2.26. The minimum Gasteiger partial charge on any atom is -0.397 e. The molecule has 0 aliphatic carbocycles. The average Bonchev–Trinajstić information content (AvgIpc) is 2.31. The largest absolute Gasteiger partial charge is 0.397 e. The average molecular weight is 303 g/mol. The van der Waals surface area contributed by atoms with Crippen LogP contribution >= 0.6 is 11.6 Å². The van der Waals surface area contributed by atoms with Gasteiger partial charge in [0.05, 0.1) is 15.6 Å². The smallest absolute Gasteiger partial charge is 0.243 e. The zero-order valence-electron chi connectivity index (χ0n) is 11.4. The molecule has 0 heterocycles. The molecule has 19 heavy (non-hydrogen) atoms. The van der Waals surface area contributed by atoms with Crippen LogP contribution < -0.4 is 5.73 Å². The molecule has 1 aromatic carbocycles. The summed E-state index contributed by atoms with van der Waals surface area (Å²) in [5, 5.41) is 0.388. The van der Waals surface area contributed by atoms with Gasteiger partial charge in [-0.1, -0.05) is 17.7 Å². The van der Waals surface area contributed by atoms with Crippen LogP contribution in [0.15, 0.2) is 29.7 Å². The molecule has 2 N–H and O–H groups in total. The van der Waals surface area contributed by atoms with E-state index in [1.54, 1.807) is 13.0 Å². The molecule has 0 aliphatic rings. The summed E-state index contributed by atoms with van der Waals surface area (Å²) in [5.41, 5.74) is 6.64. The van der Waals surface area contributed by atoms with Crippen LogP contribution in [0.2, 0.25) is 5.02 Å². The van der Waals surface area contributed by atoms with Gasteiger partial charge in [0, 0.05) is 12.6 Å². The number of nitrogens with zero attached hydrogens (tertiary/aromatic N) is 1. The van der Waals surface area contributed by atoms with Crippen molar-refractivity contribution in [1.29, 1.82) is 0 Å². The zero-order chi connectivity index (χ0) is 14.8. The molecule has 6 heteroatoms. The summed E-state index contributed by atoms with van der Waals surface area (Å²) in [5.74, 6) is 0. The molecule has 0 radical (unpaired) electrons. The third kappa shape index (κ3) is 3.29. The SMILES string of the molecule is C=CCN(C(C)C)S(=O)(=O)c1cc(C)c(Cl)c(N)c1. The Balaban J connectivity index is 3.37. The Morgan fingerprint density at radius 1 is 1.47 bits per heavy atom. The lowest BCUT2D eigenvalue weighted by molar-refractivity contribution is 0.383. The first kappa shape index (κ1) is 16.0. The van der Waals surface area contributed by atoms with E-state index in [9.17, 15) is 8.42 Å². The minimum atomic E-state index is -3.60. The van der Waals surface area contributed by atoms with E-state index < -0.39 is 10.0 Å². The van der Waals surface area contributed by atoms with Crippen LogP contribution in [-0.2, 0) is 10.0 Å². The van der Waals surface area contributed by atoms with Gasteiger partial charge in [0.25, 0.3) is 0 Å².